The molecule has 0 atom stereocenters. The molecule has 0 aliphatic heterocycles. The molecule has 0 rings (SSSR count). The van der Waals surface area contributed by atoms with Gasteiger partial charge < -0.3 is 23.7 Å². The molecule has 0 radical (unpaired) electrons. The third-order valence-corrected chi connectivity index (χ3v) is 4.65. The first kappa shape index (κ1) is 33.2. The SMILES string of the molecule is C=CC(=O)OCC(COC(=O)C=C)(COC(=O)C=C)COC(=O)CCC(=O)CCCOC(=O)C(C)(C)C. The Labute approximate surface area is 216 Å². The zero-order valence-corrected chi connectivity index (χ0v) is 21.7. The van der Waals surface area contributed by atoms with Crippen molar-refractivity contribution < 1.29 is 52.5 Å². The summed E-state index contributed by atoms with van der Waals surface area (Å²) >= 11 is 0. The topological polar surface area (TPSA) is 149 Å². The molecule has 0 spiro atoms. The van der Waals surface area contributed by atoms with E-state index >= 15 is 0 Å². The summed E-state index contributed by atoms with van der Waals surface area (Å²) in [6.45, 7) is 13.3. The van der Waals surface area contributed by atoms with Crippen molar-refractivity contribution in [1.29, 1.82) is 0 Å². The first-order valence-corrected chi connectivity index (χ1v) is 11.5. The number of Topliss-reactive ketones (excluding diaryl/α,β-unsaturated/α-hetero) is 1. The maximum absolute atomic E-state index is 12.3. The van der Waals surface area contributed by atoms with E-state index in [0.29, 0.717) is 6.42 Å². The Balaban J connectivity index is 5.01. The molecule has 0 aliphatic rings. The molecule has 0 aromatic carbocycles. The summed E-state index contributed by atoms with van der Waals surface area (Å²) in [4.78, 5) is 70.9. The molecule has 37 heavy (non-hydrogen) atoms. The predicted molar refractivity (Wildman–Crippen MR) is 131 cm³/mol. The lowest BCUT2D eigenvalue weighted by Crippen LogP contribution is -2.43. The van der Waals surface area contributed by atoms with Crippen LogP contribution in [0.5, 0.6) is 0 Å². The summed E-state index contributed by atoms with van der Waals surface area (Å²) < 4.78 is 25.4. The zero-order chi connectivity index (χ0) is 28.5. The van der Waals surface area contributed by atoms with Crippen molar-refractivity contribution in [2.45, 2.75) is 46.5 Å². The molecule has 0 aromatic rings. The summed E-state index contributed by atoms with van der Waals surface area (Å²) in [5, 5.41) is 0. The third-order valence-electron chi connectivity index (χ3n) is 4.65. The van der Waals surface area contributed by atoms with Gasteiger partial charge in [-0.25, -0.2) is 14.4 Å². The van der Waals surface area contributed by atoms with Gasteiger partial charge >= 0.3 is 29.8 Å². The van der Waals surface area contributed by atoms with Gasteiger partial charge in [-0.05, 0) is 27.2 Å². The Morgan fingerprint density at radius 1 is 0.622 bits per heavy atom. The van der Waals surface area contributed by atoms with Gasteiger partial charge in [0.2, 0.25) is 0 Å². The first-order chi connectivity index (χ1) is 17.3. The van der Waals surface area contributed by atoms with Crippen LogP contribution in [0.2, 0.25) is 0 Å². The van der Waals surface area contributed by atoms with E-state index in [0.717, 1.165) is 18.2 Å². The molecule has 0 bridgehead atoms. The van der Waals surface area contributed by atoms with Crippen LogP contribution in [0.1, 0.15) is 46.5 Å². The van der Waals surface area contributed by atoms with Crippen LogP contribution in [0, 0.1) is 10.8 Å². The smallest absolute Gasteiger partial charge is 0.330 e. The van der Waals surface area contributed by atoms with E-state index in [2.05, 4.69) is 19.7 Å². The monoisotopic (exact) mass is 524 g/mol. The maximum atomic E-state index is 12.3. The van der Waals surface area contributed by atoms with Gasteiger partial charge in [0.25, 0.3) is 0 Å². The third kappa shape index (κ3) is 15.1. The molecule has 11 nitrogen and oxygen atoms in total. The lowest BCUT2D eigenvalue weighted by Gasteiger charge is -2.31. The maximum Gasteiger partial charge on any atom is 0.330 e. The average molecular weight is 525 g/mol. The lowest BCUT2D eigenvalue weighted by molar-refractivity contribution is -0.166. The predicted octanol–water partition coefficient (Wildman–Crippen LogP) is 2.42. The minimum atomic E-state index is -1.45. The molecule has 0 aliphatic carbocycles. The molecule has 0 aromatic heterocycles. The zero-order valence-electron chi connectivity index (χ0n) is 21.7. The van der Waals surface area contributed by atoms with Crippen molar-refractivity contribution in [1.82, 2.24) is 0 Å². The molecule has 0 N–H and O–H groups in total. The number of hydrogen-bond acceptors (Lipinski definition) is 11. The van der Waals surface area contributed by atoms with E-state index in [9.17, 15) is 28.8 Å². The highest BCUT2D eigenvalue weighted by Gasteiger charge is 2.37. The van der Waals surface area contributed by atoms with E-state index in [1.165, 1.54) is 0 Å². The molecule has 0 saturated carbocycles. The van der Waals surface area contributed by atoms with Crippen LogP contribution in [0.4, 0.5) is 0 Å². The van der Waals surface area contributed by atoms with Crippen molar-refractivity contribution in [3.05, 3.63) is 38.0 Å². The van der Waals surface area contributed by atoms with Crippen molar-refractivity contribution in [3.63, 3.8) is 0 Å². The number of rotatable bonds is 18. The molecule has 0 amide bonds. The molecular formula is C26H36O11. The van der Waals surface area contributed by atoms with Gasteiger partial charge in [-0.15, -0.1) is 0 Å². The Kier molecular flexibility index (Phi) is 15.1. The minimum absolute atomic E-state index is 0.0884. The van der Waals surface area contributed by atoms with Gasteiger partial charge in [-0.1, -0.05) is 19.7 Å². The largest absolute Gasteiger partial charge is 0.465 e. The van der Waals surface area contributed by atoms with Crippen LogP contribution in [0.15, 0.2) is 38.0 Å². The second-order valence-corrected chi connectivity index (χ2v) is 9.12. The number of ether oxygens (including phenoxy) is 5. The van der Waals surface area contributed by atoms with E-state index in [1.807, 2.05) is 0 Å². The summed E-state index contributed by atoms with van der Waals surface area (Å²) in [5.41, 5.74) is -2.09. The van der Waals surface area contributed by atoms with Gasteiger partial charge in [0.05, 0.1) is 18.4 Å². The summed E-state index contributed by atoms with van der Waals surface area (Å²) in [5.74, 6) is -3.77. The Hall–Kier alpha value is -3.76. The second kappa shape index (κ2) is 16.8. The van der Waals surface area contributed by atoms with Crippen LogP contribution in [-0.4, -0.2) is 68.7 Å². The molecule has 206 valence electrons. The number of hydrogen-bond donors (Lipinski definition) is 0. The van der Waals surface area contributed by atoms with Crippen molar-refractivity contribution >= 4 is 35.6 Å². The van der Waals surface area contributed by atoms with E-state index in [1.54, 1.807) is 20.8 Å². The fourth-order valence-corrected chi connectivity index (χ4v) is 2.42. The fourth-order valence-electron chi connectivity index (χ4n) is 2.42. The van der Waals surface area contributed by atoms with Gasteiger partial charge in [0.15, 0.2) is 0 Å². The van der Waals surface area contributed by atoms with Crippen LogP contribution in [0.3, 0.4) is 0 Å². The Morgan fingerprint density at radius 2 is 1.05 bits per heavy atom. The Morgan fingerprint density at radius 3 is 1.46 bits per heavy atom. The number of ketones is 1. The molecular weight excluding hydrogens is 488 g/mol. The van der Waals surface area contributed by atoms with Gasteiger partial charge in [0, 0.05) is 31.1 Å². The lowest BCUT2D eigenvalue weighted by atomic mass is 9.92. The number of esters is 5. The highest BCUT2D eigenvalue weighted by Crippen LogP contribution is 2.22. The van der Waals surface area contributed by atoms with E-state index in [4.69, 9.17) is 23.7 Å². The quantitative estimate of drug-likeness (QED) is 0.113. The van der Waals surface area contributed by atoms with Crippen molar-refractivity contribution in [2.24, 2.45) is 10.8 Å². The molecule has 0 heterocycles. The number of carbonyl (C=O) groups is 6. The highest BCUT2D eigenvalue weighted by molar-refractivity contribution is 5.83. The van der Waals surface area contributed by atoms with Gasteiger partial charge in [0.1, 0.15) is 37.6 Å². The van der Waals surface area contributed by atoms with Gasteiger partial charge in [-0.3, -0.25) is 14.4 Å². The van der Waals surface area contributed by atoms with Crippen LogP contribution in [-0.2, 0) is 52.5 Å². The number of carbonyl (C=O) groups excluding carboxylic acids is 6. The second-order valence-electron chi connectivity index (χ2n) is 9.12. The van der Waals surface area contributed by atoms with Crippen LogP contribution in [0.25, 0.3) is 0 Å². The fraction of sp³-hybridized carbons (Fsp3) is 0.538. The van der Waals surface area contributed by atoms with Crippen LogP contribution >= 0.6 is 0 Å². The van der Waals surface area contributed by atoms with Crippen LogP contribution < -0.4 is 0 Å². The summed E-state index contributed by atoms with van der Waals surface area (Å²) in [6.07, 6.45) is 2.77. The molecule has 0 fully saturated rings. The standard InChI is InChI=1S/C26H36O11/c1-7-20(28)34-15-26(16-35-21(29)8-2,17-36-22(30)9-3)18-37-23(31)13-12-19(27)11-10-14-33-24(32)25(4,5)6/h7-9H,1-3,10-18H2,4-6H3. The summed E-state index contributed by atoms with van der Waals surface area (Å²) in [6, 6.07) is 0. The van der Waals surface area contributed by atoms with Crippen molar-refractivity contribution in [2.75, 3.05) is 33.0 Å². The normalized spacial score (nSPS) is 10.9. The van der Waals surface area contributed by atoms with E-state index < -0.39 is 61.1 Å². The summed E-state index contributed by atoms with van der Waals surface area (Å²) in [7, 11) is 0. The average Bonchev–Trinajstić information content (AvgIpc) is 2.87. The van der Waals surface area contributed by atoms with Gasteiger partial charge in [-0.2, -0.15) is 0 Å². The molecule has 11 heteroatoms. The van der Waals surface area contributed by atoms with E-state index in [-0.39, 0.29) is 37.6 Å². The highest BCUT2D eigenvalue weighted by atomic mass is 16.6. The molecule has 0 unspecified atom stereocenters. The van der Waals surface area contributed by atoms with Crippen molar-refractivity contribution in [3.8, 4) is 0 Å². The minimum Gasteiger partial charge on any atom is -0.465 e. The Bertz CT molecular complexity index is 804. The first-order valence-electron chi connectivity index (χ1n) is 11.5. The molecule has 0 saturated heterocycles.